The monoisotopic (exact) mass is 408 g/mol. The van der Waals surface area contributed by atoms with Gasteiger partial charge >= 0.3 is 6.18 Å². The Labute approximate surface area is 166 Å². The molecular formula is C19H23F3N6O. The van der Waals surface area contributed by atoms with E-state index in [1.54, 1.807) is 13.0 Å². The summed E-state index contributed by atoms with van der Waals surface area (Å²) in [6.45, 7) is 7.95. The molecule has 0 unspecified atom stereocenters. The SMILES string of the molecule is CCN1CCN(NC(=O)/C=C\n2cnc(-c3cc(C)cc(C(F)(F)F)c3)n2)CC1. The van der Waals surface area contributed by atoms with Crippen LogP contribution in [0.25, 0.3) is 17.6 Å². The van der Waals surface area contributed by atoms with Gasteiger partial charge in [0, 0.05) is 44.0 Å². The summed E-state index contributed by atoms with van der Waals surface area (Å²) in [7, 11) is 0. The number of benzene rings is 1. The molecule has 1 aromatic carbocycles. The second kappa shape index (κ2) is 8.75. The second-order valence-electron chi connectivity index (χ2n) is 6.85. The summed E-state index contributed by atoms with van der Waals surface area (Å²) in [6.07, 6.45) is -0.380. The minimum absolute atomic E-state index is 0.153. The predicted molar refractivity (Wildman–Crippen MR) is 102 cm³/mol. The molecule has 0 atom stereocenters. The van der Waals surface area contributed by atoms with E-state index in [4.69, 9.17) is 0 Å². The number of piperazine rings is 1. The molecule has 0 bridgehead atoms. The summed E-state index contributed by atoms with van der Waals surface area (Å²) in [6, 6.07) is 3.67. The van der Waals surface area contributed by atoms with Crippen LogP contribution >= 0.6 is 0 Å². The van der Waals surface area contributed by atoms with E-state index in [9.17, 15) is 18.0 Å². The largest absolute Gasteiger partial charge is 0.416 e. The Hall–Kier alpha value is -2.72. The third kappa shape index (κ3) is 5.64. The number of hydrazine groups is 1. The number of rotatable bonds is 5. The molecule has 0 aliphatic carbocycles. The minimum Gasteiger partial charge on any atom is -0.301 e. The number of hydrogen-bond acceptors (Lipinski definition) is 5. The van der Waals surface area contributed by atoms with Gasteiger partial charge in [-0.15, -0.1) is 5.10 Å². The number of hydrogen-bond donors (Lipinski definition) is 1. The summed E-state index contributed by atoms with van der Waals surface area (Å²) < 4.78 is 40.3. The number of nitrogens with one attached hydrogen (secondary N) is 1. The first-order chi connectivity index (χ1) is 13.7. The van der Waals surface area contributed by atoms with Crippen molar-refractivity contribution in [1.82, 2.24) is 30.1 Å². The predicted octanol–water partition coefficient (Wildman–Crippen LogP) is 2.41. The highest BCUT2D eigenvalue weighted by molar-refractivity contribution is 5.89. The van der Waals surface area contributed by atoms with E-state index in [1.807, 2.05) is 5.01 Å². The number of amides is 1. The molecule has 0 spiro atoms. The van der Waals surface area contributed by atoms with Gasteiger partial charge in [0.2, 0.25) is 0 Å². The van der Waals surface area contributed by atoms with Gasteiger partial charge in [-0.25, -0.2) is 14.7 Å². The van der Waals surface area contributed by atoms with Crippen molar-refractivity contribution in [2.45, 2.75) is 20.0 Å². The van der Waals surface area contributed by atoms with Crippen LogP contribution in [0.4, 0.5) is 13.2 Å². The third-order valence-corrected chi connectivity index (χ3v) is 4.64. The lowest BCUT2D eigenvalue weighted by atomic mass is 10.1. The van der Waals surface area contributed by atoms with Crippen molar-refractivity contribution in [3.63, 3.8) is 0 Å². The normalized spacial score (nSPS) is 16.4. The number of halogens is 3. The summed E-state index contributed by atoms with van der Waals surface area (Å²) in [5, 5.41) is 5.99. The molecule has 7 nitrogen and oxygen atoms in total. The lowest BCUT2D eigenvalue weighted by Crippen LogP contribution is -2.53. The van der Waals surface area contributed by atoms with Crippen LogP contribution in [-0.4, -0.2) is 63.3 Å². The fraction of sp³-hybridized carbons (Fsp3) is 0.421. The molecule has 1 aliphatic rings. The van der Waals surface area contributed by atoms with Gasteiger partial charge in [0.1, 0.15) is 6.33 Å². The smallest absolute Gasteiger partial charge is 0.301 e. The van der Waals surface area contributed by atoms with E-state index in [2.05, 4.69) is 27.3 Å². The molecule has 1 saturated heterocycles. The Kier molecular flexibility index (Phi) is 6.33. The quantitative estimate of drug-likeness (QED) is 0.770. The number of carbonyl (C=O) groups is 1. The maximum Gasteiger partial charge on any atom is 0.416 e. The average molecular weight is 408 g/mol. The van der Waals surface area contributed by atoms with Crippen molar-refractivity contribution in [3.05, 3.63) is 41.7 Å². The van der Waals surface area contributed by atoms with Crippen LogP contribution in [-0.2, 0) is 11.0 Å². The maximum atomic E-state index is 13.0. The number of carbonyl (C=O) groups excluding carboxylic acids is 1. The van der Waals surface area contributed by atoms with Gasteiger partial charge in [-0.1, -0.05) is 6.92 Å². The Bertz CT molecular complexity index is 884. The number of nitrogens with zero attached hydrogens (tertiary/aromatic N) is 5. The summed E-state index contributed by atoms with van der Waals surface area (Å²) in [4.78, 5) is 18.4. The molecule has 2 aromatic rings. The second-order valence-corrected chi connectivity index (χ2v) is 6.85. The fourth-order valence-electron chi connectivity index (χ4n) is 3.07. The van der Waals surface area contributed by atoms with Crippen molar-refractivity contribution < 1.29 is 18.0 Å². The Morgan fingerprint density at radius 3 is 2.59 bits per heavy atom. The minimum atomic E-state index is -4.44. The summed E-state index contributed by atoms with van der Waals surface area (Å²) in [5.74, 6) is -0.151. The van der Waals surface area contributed by atoms with Crippen molar-refractivity contribution in [2.75, 3.05) is 32.7 Å². The summed E-state index contributed by atoms with van der Waals surface area (Å²) in [5.41, 5.74) is 2.78. The molecule has 2 heterocycles. The molecule has 0 saturated carbocycles. The van der Waals surface area contributed by atoms with Crippen LogP contribution in [0.5, 0.6) is 0 Å². The van der Waals surface area contributed by atoms with Gasteiger partial charge < -0.3 is 4.90 Å². The zero-order valence-electron chi connectivity index (χ0n) is 16.3. The fourth-order valence-corrected chi connectivity index (χ4v) is 3.07. The molecule has 29 heavy (non-hydrogen) atoms. The molecule has 156 valence electrons. The third-order valence-electron chi connectivity index (χ3n) is 4.64. The van der Waals surface area contributed by atoms with E-state index >= 15 is 0 Å². The van der Waals surface area contributed by atoms with Crippen LogP contribution in [0.2, 0.25) is 0 Å². The van der Waals surface area contributed by atoms with Gasteiger partial charge in [0.25, 0.3) is 5.91 Å². The molecule has 1 amide bonds. The number of alkyl halides is 3. The first-order valence-electron chi connectivity index (χ1n) is 9.31. The average Bonchev–Trinajstić information content (AvgIpc) is 3.15. The number of aryl methyl sites for hydroxylation is 1. The molecular weight excluding hydrogens is 385 g/mol. The summed E-state index contributed by atoms with van der Waals surface area (Å²) >= 11 is 0. The number of aromatic nitrogens is 3. The molecule has 1 aromatic heterocycles. The first-order valence-corrected chi connectivity index (χ1v) is 9.31. The van der Waals surface area contributed by atoms with Gasteiger partial charge in [0.05, 0.1) is 5.56 Å². The highest BCUT2D eigenvalue weighted by Gasteiger charge is 2.31. The van der Waals surface area contributed by atoms with Crippen molar-refractivity contribution in [1.29, 1.82) is 0 Å². The van der Waals surface area contributed by atoms with E-state index in [1.165, 1.54) is 23.3 Å². The van der Waals surface area contributed by atoms with Crippen LogP contribution in [0.15, 0.2) is 30.6 Å². The van der Waals surface area contributed by atoms with E-state index in [0.29, 0.717) is 5.56 Å². The van der Waals surface area contributed by atoms with Crippen LogP contribution in [0, 0.1) is 6.92 Å². The maximum absolute atomic E-state index is 13.0. The number of likely N-dealkylation sites (N-methyl/N-ethyl adjacent to an activating group) is 1. The molecule has 3 rings (SSSR count). The van der Waals surface area contributed by atoms with Gasteiger partial charge in [-0.05, 0) is 37.2 Å². The lowest BCUT2D eigenvalue weighted by molar-refractivity contribution is -0.137. The first kappa shape index (κ1) is 21.0. The Morgan fingerprint density at radius 1 is 1.21 bits per heavy atom. The molecule has 10 heteroatoms. The van der Waals surface area contributed by atoms with Crippen LogP contribution < -0.4 is 5.43 Å². The molecule has 0 radical (unpaired) electrons. The zero-order valence-corrected chi connectivity index (χ0v) is 16.3. The zero-order chi connectivity index (χ0) is 21.0. The Balaban J connectivity index is 1.63. The highest BCUT2D eigenvalue weighted by atomic mass is 19.4. The topological polar surface area (TPSA) is 66.3 Å². The van der Waals surface area contributed by atoms with Gasteiger partial charge in [-0.3, -0.25) is 10.2 Å². The van der Waals surface area contributed by atoms with E-state index in [-0.39, 0.29) is 17.3 Å². The lowest BCUT2D eigenvalue weighted by Gasteiger charge is -2.33. The van der Waals surface area contributed by atoms with Crippen molar-refractivity contribution in [2.24, 2.45) is 0 Å². The molecule has 1 N–H and O–H groups in total. The van der Waals surface area contributed by atoms with E-state index < -0.39 is 11.7 Å². The van der Waals surface area contributed by atoms with Crippen LogP contribution in [0.3, 0.4) is 0 Å². The van der Waals surface area contributed by atoms with Crippen molar-refractivity contribution in [3.8, 4) is 11.4 Å². The highest BCUT2D eigenvalue weighted by Crippen LogP contribution is 2.32. The Morgan fingerprint density at radius 2 is 1.93 bits per heavy atom. The van der Waals surface area contributed by atoms with Crippen LogP contribution in [0.1, 0.15) is 18.1 Å². The van der Waals surface area contributed by atoms with Gasteiger partial charge in [0.15, 0.2) is 5.82 Å². The van der Waals surface area contributed by atoms with Gasteiger partial charge in [-0.2, -0.15) is 13.2 Å². The standard InChI is InChI=1S/C19H23F3N6O/c1-3-26-6-8-27(9-7-26)24-17(29)4-5-28-13-23-18(25-28)15-10-14(2)11-16(12-15)19(20,21)22/h4-5,10-13H,3,6-9H2,1-2H3,(H,24,29)/b5-4-. The molecule has 1 fully saturated rings. The van der Waals surface area contributed by atoms with E-state index in [0.717, 1.165) is 44.9 Å². The van der Waals surface area contributed by atoms with Crippen molar-refractivity contribution >= 4 is 12.1 Å². The molecule has 1 aliphatic heterocycles.